The van der Waals surface area contributed by atoms with Crippen LogP contribution in [-0.2, 0) is 6.61 Å². The lowest BCUT2D eigenvalue weighted by molar-refractivity contribution is -0.362. The van der Waals surface area contributed by atoms with Crippen molar-refractivity contribution in [3.63, 3.8) is 0 Å². The lowest BCUT2D eigenvalue weighted by Crippen LogP contribution is -2.10. The largest absolute Gasteiger partial charge is 0.480 e. The van der Waals surface area contributed by atoms with Crippen LogP contribution in [0.1, 0.15) is 5.82 Å². The Labute approximate surface area is 122 Å². The maximum atomic E-state index is 5.97. The number of ether oxygens (including phenoxy) is 1. The molecule has 0 bridgehead atoms. The number of fused-ring (bicyclic) bond motifs is 2. The van der Waals surface area contributed by atoms with Crippen molar-refractivity contribution in [1.82, 2.24) is 4.98 Å². The van der Waals surface area contributed by atoms with Gasteiger partial charge in [0.2, 0.25) is 0 Å². The van der Waals surface area contributed by atoms with Crippen molar-refractivity contribution in [3.05, 3.63) is 72.6 Å². The Balaban J connectivity index is 1.63. The monoisotopic (exact) mass is 275 g/mol. The Kier molecular flexibility index (Phi) is 2.82. The number of rotatable bonds is 3. The minimum atomic E-state index is 0.489. The van der Waals surface area contributed by atoms with Crippen LogP contribution in [-0.4, -0.2) is 4.98 Å². The molecule has 0 fully saturated rings. The Morgan fingerprint density at radius 1 is 0.857 bits per heavy atom. The van der Waals surface area contributed by atoms with Crippen LogP contribution in [0.25, 0.3) is 21.8 Å². The smallest absolute Gasteiger partial charge is 0.291 e. The van der Waals surface area contributed by atoms with Gasteiger partial charge in [0.05, 0.1) is 0 Å². The van der Waals surface area contributed by atoms with Crippen molar-refractivity contribution in [2.75, 3.05) is 0 Å². The summed E-state index contributed by atoms with van der Waals surface area (Å²) in [4.78, 5) is 6.67. The molecule has 21 heavy (non-hydrogen) atoms. The van der Waals surface area contributed by atoms with Crippen molar-refractivity contribution in [3.8, 4) is 5.75 Å². The molecule has 0 radical (unpaired) electrons. The van der Waals surface area contributed by atoms with E-state index in [1.54, 1.807) is 0 Å². The number of H-pyrrole nitrogens is 2. The number of para-hydroxylation sites is 2. The highest BCUT2D eigenvalue weighted by Gasteiger charge is 2.10. The fraction of sp³-hybridized carbons (Fsp3) is 0.0556. The number of nitrogens with one attached hydrogen (secondary N) is 2. The summed E-state index contributed by atoms with van der Waals surface area (Å²) in [6.07, 6.45) is 0. The summed E-state index contributed by atoms with van der Waals surface area (Å²) < 4.78 is 5.97. The van der Waals surface area contributed by atoms with E-state index in [9.17, 15) is 0 Å². The maximum Gasteiger partial charge on any atom is 0.291 e. The predicted molar refractivity (Wildman–Crippen MR) is 83.1 cm³/mol. The number of aromatic amines is 2. The first-order valence-electron chi connectivity index (χ1n) is 7.00. The van der Waals surface area contributed by atoms with Gasteiger partial charge in [-0.1, -0.05) is 48.5 Å². The highest BCUT2D eigenvalue weighted by molar-refractivity contribution is 5.88. The maximum absolute atomic E-state index is 5.97. The summed E-state index contributed by atoms with van der Waals surface area (Å²) in [6, 6.07) is 22.5. The van der Waals surface area contributed by atoms with Gasteiger partial charge in [-0.25, -0.2) is 9.97 Å². The molecule has 102 valence electrons. The van der Waals surface area contributed by atoms with Gasteiger partial charge in [-0.05, 0) is 23.6 Å². The van der Waals surface area contributed by atoms with Crippen molar-refractivity contribution in [2.24, 2.45) is 0 Å². The number of imidazole rings is 1. The molecule has 0 atom stereocenters. The lowest BCUT2D eigenvalue weighted by Gasteiger charge is -2.06. The minimum absolute atomic E-state index is 0.489. The van der Waals surface area contributed by atoms with Crippen molar-refractivity contribution >= 4 is 21.8 Å². The molecular weight excluding hydrogens is 260 g/mol. The average molecular weight is 275 g/mol. The first-order chi connectivity index (χ1) is 10.4. The summed E-state index contributed by atoms with van der Waals surface area (Å²) in [5.41, 5.74) is 2.18. The summed E-state index contributed by atoms with van der Waals surface area (Å²) in [6.45, 7) is 0.489. The molecule has 4 rings (SSSR count). The van der Waals surface area contributed by atoms with E-state index in [-0.39, 0.29) is 0 Å². The molecule has 3 aromatic carbocycles. The predicted octanol–water partition coefficient (Wildman–Crippen LogP) is 3.71. The van der Waals surface area contributed by atoms with Gasteiger partial charge in [0, 0.05) is 5.39 Å². The Bertz CT molecular complexity index is 873. The SMILES string of the molecule is c1ccc2c(OCc3[nH]c4ccccc4[nH+]3)cccc2c1. The summed E-state index contributed by atoms with van der Waals surface area (Å²) in [7, 11) is 0. The zero-order chi connectivity index (χ0) is 14.1. The third-order valence-electron chi connectivity index (χ3n) is 3.62. The fourth-order valence-corrected chi connectivity index (χ4v) is 2.60. The number of benzene rings is 3. The molecule has 0 aliphatic rings. The third kappa shape index (κ3) is 2.23. The van der Waals surface area contributed by atoms with Crippen LogP contribution in [0.4, 0.5) is 0 Å². The second kappa shape index (κ2) is 4.94. The van der Waals surface area contributed by atoms with Gasteiger partial charge in [-0.2, -0.15) is 0 Å². The first kappa shape index (κ1) is 12.0. The molecule has 2 N–H and O–H groups in total. The topological polar surface area (TPSA) is 39.2 Å². The van der Waals surface area contributed by atoms with E-state index in [1.807, 2.05) is 48.5 Å². The van der Waals surface area contributed by atoms with Gasteiger partial charge in [-0.3, -0.25) is 0 Å². The molecule has 0 spiro atoms. The van der Waals surface area contributed by atoms with Crippen molar-refractivity contribution in [1.29, 1.82) is 0 Å². The van der Waals surface area contributed by atoms with Gasteiger partial charge >= 0.3 is 0 Å². The first-order valence-corrected chi connectivity index (χ1v) is 7.00. The Morgan fingerprint density at radius 3 is 2.62 bits per heavy atom. The van der Waals surface area contributed by atoms with E-state index in [0.717, 1.165) is 28.0 Å². The molecule has 0 aliphatic carbocycles. The molecule has 4 aromatic rings. The molecular formula is C18H15N2O+. The number of aromatic nitrogens is 2. The molecule has 0 saturated carbocycles. The van der Waals surface area contributed by atoms with Crippen LogP contribution >= 0.6 is 0 Å². The quantitative estimate of drug-likeness (QED) is 0.608. The van der Waals surface area contributed by atoms with Crippen LogP contribution in [0.15, 0.2) is 66.7 Å². The van der Waals surface area contributed by atoms with Gasteiger partial charge in [-0.15, -0.1) is 0 Å². The van der Waals surface area contributed by atoms with E-state index in [0.29, 0.717) is 6.61 Å². The summed E-state index contributed by atoms with van der Waals surface area (Å²) >= 11 is 0. The van der Waals surface area contributed by atoms with Crippen molar-refractivity contribution < 1.29 is 9.72 Å². The number of hydrogen-bond acceptors (Lipinski definition) is 1. The summed E-state index contributed by atoms with van der Waals surface area (Å²) in [5, 5.41) is 2.33. The summed E-state index contributed by atoms with van der Waals surface area (Å²) in [5.74, 6) is 1.87. The van der Waals surface area contributed by atoms with Crippen LogP contribution in [0, 0.1) is 0 Å². The zero-order valence-electron chi connectivity index (χ0n) is 11.5. The van der Waals surface area contributed by atoms with Crippen LogP contribution in [0.2, 0.25) is 0 Å². The fourth-order valence-electron chi connectivity index (χ4n) is 2.60. The molecule has 0 unspecified atom stereocenters. The molecule has 0 saturated heterocycles. The molecule has 3 nitrogen and oxygen atoms in total. The lowest BCUT2D eigenvalue weighted by atomic mass is 10.1. The van der Waals surface area contributed by atoms with Gasteiger partial charge in [0.15, 0.2) is 17.6 Å². The van der Waals surface area contributed by atoms with E-state index >= 15 is 0 Å². The van der Waals surface area contributed by atoms with Crippen molar-refractivity contribution in [2.45, 2.75) is 6.61 Å². The molecule has 3 heteroatoms. The normalized spacial score (nSPS) is 11.0. The highest BCUT2D eigenvalue weighted by atomic mass is 16.5. The van der Waals surface area contributed by atoms with Crippen LogP contribution < -0.4 is 9.72 Å². The van der Waals surface area contributed by atoms with E-state index in [1.165, 1.54) is 5.39 Å². The molecule has 1 aromatic heterocycles. The van der Waals surface area contributed by atoms with E-state index < -0.39 is 0 Å². The highest BCUT2D eigenvalue weighted by Crippen LogP contribution is 2.25. The Morgan fingerprint density at radius 2 is 1.67 bits per heavy atom. The van der Waals surface area contributed by atoms with Gasteiger partial charge < -0.3 is 4.74 Å². The third-order valence-corrected chi connectivity index (χ3v) is 3.62. The molecule has 1 heterocycles. The van der Waals surface area contributed by atoms with E-state index in [4.69, 9.17) is 4.74 Å². The average Bonchev–Trinajstić information content (AvgIpc) is 2.96. The second-order valence-corrected chi connectivity index (χ2v) is 5.04. The minimum Gasteiger partial charge on any atom is -0.480 e. The number of hydrogen-bond donors (Lipinski definition) is 1. The second-order valence-electron chi connectivity index (χ2n) is 5.04. The Hall–Kier alpha value is -2.81. The van der Waals surface area contributed by atoms with Gasteiger partial charge in [0.1, 0.15) is 5.75 Å². The van der Waals surface area contributed by atoms with Crippen LogP contribution in [0.3, 0.4) is 0 Å². The standard InChI is InChI=1S/C18H14N2O/c1-2-8-14-13(6-1)7-5-11-17(14)21-12-18-19-15-9-3-4-10-16(15)20-18/h1-11H,12H2,(H,19,20)/p+1. The van der Waals surface area contributed by atoms with Gasteiger partial charge in [0.25, 0.3) is 5.82 Å². The zero-order valence-corrected chi connectivity index (χ0v) is 11.5. The molecule has 0 amide bonds. The van der Waals surface area contributed by atoms with Crippen LogP contribution in [0.5, 0.6) is 5.75 Å². The molecule has 0 aliphatic heterocycles. The van der Waals surface area contributed by atoms with E-state index in [2.05, 4.69) is 28.2 Å².